The summed E-state index contributed by atoms with van der Waals surface area (Å²) in [7, 11) is 0. The Balaban J connectivity index is 2.04. The van der Waals surface area contributed by atoms with Crippen molar-refractivity contribution in [1.82, 2.24) is 9.47 Å². The van der Waals surface area contributed by atoms with Crippen LogP contribution in [0.5, 0.6) is 0 Å². The van der Waals surface area contributed by atoms with Gasteiger partial charge in [-0.2, -0.15) is 0 Å². The zero-order chi connectivity index (χ0) is 17.9. The summed E-state index contributed by atoms with van der Waals surface area (Å²) >= 11 is 0. The van der Waals surface area contributed by atoms with Gasteiger partial charge in [0, 0.05) is 32.3 Å². The van der Waals surface area contributed by atoms with Crippen LogP contribution in [0.3, 0.4) is 0 Å². The second kappa shape index (κ2) is 7.07. The zero-order valence-corrected chi connectivity index (χ0v) is 14.7. The fourth-order valence-electron chi connectivity index (χ4n) is 2.74. The molecule has 0 radical (unpaired) electrons. The molecule has 0 saturated carbocycles. The summed E-state index contributed by atoms with van der Waals surface area (Å²) < 4.78 is 7.01. The standard InChI is InChI=1S/C17H25N3O4/c1-12(21)18-14-6-5-9-20(15(14)22)13-7-10-19(11-8-13)16(23)24-17(2,3)4/h5-6,9,13H,7-8,10-11H2,1-4H3,(H,18,21). The lowest BCUT2D eigenvalue weighted by molar-refractivity contribution is -0.114. The van der Waals surface area contributed by atoms with Crippen molar-refractivity contribution in [2.45, 2.75) is 52.2 Å². The topological polar surface area (TPSA) is 80.6 Å². The number of pyridine rings is 1. The van der Waals surface area contributed by atoms with Gasteiger partial charge in [-0.15, -0.1) is 0 Å². The van der Waals surface area contributed by atoms with Gasteiger partial charge in [0.25, 0.3) is 5.56 Å². The Bertz CT molecular complexity index is 667. The summed E-state index contributed by atoms with van der Waals surface area (Å²) in [5.74, 6) is -0.274. The molecule has 1 aromatic rings. The van der Waals surface area contributed by atoms with E-state index in [1.165, 1.54) is 6.92 Å². The smallest absolute Gasteiger partial charge is 0.410 e. The maximum Gasteiger partial charge on any atom is 0.410 e. The molecule has 2 rings (SSSR count). The minimum absolute atomic E-state index is 0.00453. The van der Waals surface area contributed by atoms with Gasteiger partial charge in [0.05, 0.1) is 0 Å². The van der Waals surface area contributed by atoms with Crippen LogP contribution < -0.4 is 10.9 Å². The third-order valence-electron chi connectivity index (χ3n) is 3.79. The highest BCUT2D eigenvalue weighted by molar-refractivity contribution is 5.88. The minimum Gasteiger partial charge on any atom is -0.444 e. The van der Waals surface area contributed by atoms with Crippen molar-refractivity contribution in [3.8, 4) is 0 Å². The first kappa shape index (κ1) is 18.0. The highest BCUT2D eigenvalue weighted by atomic mass is 16.6. The maximum atomic E-state index is 12.4. The Hall–Kier alpha value is -2.31. The molecule has 1 aliphatic heterocycles. The van der Waals surface area contributed by atoms with Crippen molar-refractivity contribution in [1.29, 1.82) is 0 Å². The van der Waals surface area contributed by atoms with Gasteiger partial charge in [-0.05, 0) is 45.7 Å². The Morgan fingerprint density at radius 1 is 1.25 bits per heavy atom. The summed E-state index contributed by atoms with van der Waals surface area (Å²) in [6, 6.07) is 3.34. The van der Waals surface area contributed by atoms with Crippen LogP contribution in [0.4, 0.5) is 10.5 Å². The van der Waals surface area contributed by atoms with Gasteiger partial charge in [-0.1, -0.05) is 0 Å². The molecule has 0 aliphatic carbocycles. The summed E-state index contributed by atoms with van der Waals surface area (Å²) in [5, 5.41) is 2.55. The minimum atomic E-state index is -0.516. The fraction of sp³-hybridized carbons (Fsp3) is 0.588. The van der Waals surface area contributed by atoms with Crippen LogP contribution in [-0.2, 0) is 9.53 Å². The number of nitrogens with zero attached hydrogens (tertiary/aromatic N) is 2. The number of anilines is 1. The fourth-order valence-corrected chi connectivity index (χ4v) is 2.74. The third-order valence-corrected chi connectivity index (χ3v) is 3.79. The molecular weight excluding hydrogens is 310 g/mol. The number of rotatable bonds is 2. The lowest BCUT2D eigenvalue weighted by Gasteiger charge is -2.34. The van der Waals surface area contributed by atoms with Crippen LogP contribution in [0, 0.1) is 0 Å². The van der Waals surface area contributed by atoms with Crippen molar-refractivity contribution in [3.05, 3.63) is 28.7 Å². The average molecular weight is 335 g/mol. The van der Waals surface area contributed by atoms with E-state index in [0.717, 1.165) is 0 Å². The third kappa shape index (κ3) is 4.59. The van der Waals surface area contributed by atoms with E-state index in [1.54, 1.807) is 27.8 Å². The molecule has 7 nitrogen and oxygen atoms in total. The lowest BCUT2D eigenvalue weighted by Crippen LogP contribution is -2.43. The molecule has 0 bridgehead atoms. The molecule has 1 fully saturated rings. The molecule has 1 aliphatic rings. The largest absolute Gasteiger partial charge is 0.444 e. The summed E-state index contributed by atoms with van der Waals surface area (Å²) in [5.41, 5.74) is -0.458. The van der Waals surface area contributed by atoms with Gasteiger partial charge in [-0.25, -0.2) is 4.79 Å². The molecule has 7 heteroatoms. The predicted octanol–water partition coefficient (Wildman–Crippen LogP) is 2.38. The number of ether oxygens (including phenoxy) is 1. The Morgan fingerprint density at radius 2 is 1.88 bits per heavy atom. The number of aromatic nitrogens is 1. The van der Waals surface area contributed by atoms with Gasteiger partial charge in [0.2, 0.25) is 5.91 Å². The van der Waals surface area contributed by atoms with Crippen molar-refractivity contribution in [2.24, 2.45) is 0 Å². The van der Waals surface area contributed by atoms with Crippen LogP contribution in [0.1, 0.15) is 46.6 Å². The first-order chi connectivity index (χ1) is 11.2. The molecular formula is C17H25N3O4. The van der Waals surface area contributed by atoms with Crippen LogP contribution in [0.15, 0.2) is 23.1 Å². The summed E-state index contributed by atoms with van der Waals surface area (Å²) in [6.07, 6.45) is 2.74. The SMILES string of the molecule is CC(=O)Nc1cccn(C2CCN(C(=O)OC(C)(C)C)CC2)c1=O. The van der Waals surface area contributed by atoms with Crippen molar-refractivity contribution >= 4 is 17.7 Å². The van der Waals surface area contributed by atoms with Gasteiger partial charge in [0.1, 0.15) is 11.3 Å². The molecule has 0 unspecified atom stereocenters. The quantitative estimate of drug-likeness (QED) is 0.900. The number of piperidine rings is 1. The number of nitrogens with one attached hydrogen (secondary N) is 1. The predicted molar refractivity (Wildman–Crippen MR) is 91.1 cm³/mol. The molecule has 1 saturated heterocycles. The molecule has 2 amide bonds. The monoisotopic (exact) mass is 335 g/mol. The zero-order valence-electron chi connectivity index (χ0n) is 14.7. The Kier molecular flexibility index (Phi) is 5.31. The summed E-state index contributed by atoms with van der Waals surface area (Å²) in [6.45, 7) is 7.96. The highest BCUT2D eigenvalue weighted by Gasteiger charge is 2.28. The van der Waals surface area contributed by atoms with Gasteiger partial charge >= 0.3 is 6.09 Å². The van der Waals surface area contributed by atoms with E-state index < -0.39 is 5.60 Å². The second-order valence-electron chi connectivity index (χ2n) is 7.01. The van der Waals surface area contributed by atoms with Crippen LogP contribution >= 0.6 is 0 Å². The Labute approximate surface area is 141 Å². The van der Waals surface area contributed by atoms with Crippen molar-refractivity contribution < 1.29 is 14.3 Å². The van der Waals surface area contributed by atoms with Gasteiger partial charge in [0.15, 0.2) is 0 Å². The molecule has 2 heterocycles. The van der Waals surface area contributed by atoms with E-state index in [-0.39, 0.29) is 29.3 Å². The highest BCUT2D eigenvalue weighted by Crippen LogP contribution is 2.23. The number of hydrogen-bond donors (Lipinski definition) is 1. The van der Waals surface area contributed by atoms with Crippen LogP contribution in [0.25, 0.3) is 0 Å². The maximum absolute atomic E-state index is 12.4. The Morgan fingerprint density at radius 3 is 2.42 bits per heavy atom. The molecule has 0 aromatic carbocycles. The number of hydrogen-bond acceptors (Lipinski definition) is 4. The summed E-state index contributed by atoms with van der Waals surface area (Å²) in [4.78, 5) is 37.4. The molecule has 1 N–H and O–H groups in total. The molecule has 0 spiro atoms. The first-order valence-electron chi connectivity index (χ1n) is 8.14. The average Bonchev–Trinajstić information content (AvgIpc) is 2.47. The van der Waals surface area contributed by atoms with E-state index >= 15 is 0 Å². The van der Waals surface area contributed by atoms with Crippen molar-refractivity contribution in [2.75, 3.05) is 18.4 Å². The number of carbonyl (C=O) groups excluding carboxylic acids is 2. The van der Waals surface area contributed by atoms with E-state index in [0.29, 0.717) is 25.9 Å². The van der Waals surface area contributed by atoms with Crippen molar-refractivity contribution in [3.63, 3.8) is 0 Å². The number of likely N-dealkylation sites (tertiary alicyclic amines) is 1. The molecule has 24 heavy (non-hydrogen) atoms. The van der Waals surface area contributed by atoms with Crippen LogP contribution in [-0.4, -0.2) is 40.2 Å². The molecule has 1 aromatic heterocycles. The van der Waals surface area contributed by atoms with E-state index in [2.05, 4.69) is 5.32 Å². The second-order valence-corrected chi connectivity index (χ2v) is 7.01. The van der Waals surface area contributed by atoms with E-state index in [4.69, 9.17) is 4.74 Å². The normalized spacial score (nSPS) is 15.9. The molecule has 132 valence electrons. The first-order valence-corrected chi connectivity index (χ1v) is 8.14. The van der Waals surface area contributed by atoms with Gasteiger partial charge < -0.3 is 19.5 Å². The van der Waals surface area contributed by atoms with E-state index in [1.807, 2.05) is 20.8 Å². The van der Waals surface area contributed by atoms with E-state index in [9.17, 15) is 14.4 Å². The van der Waals surface area contributed by atoms with Crippen LogP contribution in [0.2, 0.25) is 0 Å². The lowest BCUT2D eigenvalue weighted by atomic mass is 10.0. The van der Waals surface area contributed by atoms with Gasteiger partial charge in [-0.3, -0.25) is 9.59 Å². The molecule has 0 atom stereocenters. The number of carbonyl (C=O) groups is 2. The number of amides is 2.